The molecule has 0 aliphatic rings. The molecule has 1 aromatic carbocycles. The van der Waals surface area contributed by atoms with Crippen molar-refractivity contribution in [1.29, 1.82) is 5.26 Å². The summed E-state index contributed by atoms with van der Waals surface area (Å²) in [5.74, 6) is -0.173. The molecule has 0 N–H and O–H groups in total. The van der Waals surface area contributed by atoms with Gasteiger partial charge in [0.15, 0.2) is 0 Å². The molecule has 1 rings (SSSR count). The Bertz CT molecular complexity index is 469. The zero-order valence-corrected chi connectivity index (χ0v) is 11.2. The van der Waals surface area contributed by atoms with Crippen LogP contribution in [-0.2, 0) is 9.53 Å². The summed E-state index contributed by atoms with van der Waals surface area (Å²) in [6, 6.07) is 9.06. The molecule has 96 valence electrons. The van der Waals surface area contributed by atoms with E-state index in [0.717, 1.165) is 0 Å². The number of nitriles is 1. The van der Waals surface area contributed by atoms with E-state index in [4.69, 9.17) is 10.00 Å². The van der Waals surface area contributed by atoms with Crippen LogP contribution in [0.4, 0.5) is 5.69 Å². The summed E-state index contributed by atoms with van der Waals surface area (Å²) >= 11 is 0. The van der Waals surface area contributed by atoms with E-state index in [2.05, 4.69) is 6.07 Å². The second-order valence-electron chi connectivity index (χ2n) is 4.98. The molecule has 0 heterocycles. The lowest BCUT2D eigenvalue weighted by Crippen LogP contribution is -2.34. The summed E-state index contributed by atoms with van der Waals surface area (Å²) in [4.78, 5) is 13.4. The molecule has 0 aromatic heterocycles. The van der Waals surface area contributed by atoms with E-state index in [0.29, 0.717) is 11.3 Å². The first-order chi connectivity index (χ1) is 8.35. The van der Waals surface area contributed by atoms with E-state index in [9.17, 15) is 4.79 Å². The molecule has 0 saturated carbocycles. The minimum atomic E-state index is -0.356. The van der Waals surface area contributed by atoms with E-state index in [1.54, 1.807) is 31.3 Å². The van der Waals surface area contributed by atoms with Gasteiger partial charge in [-0.15, -0.1) is 0 Å². The summed E-state index contributed by atoms with van der Waals surface area (Å²) in [5.41, 5.74) is 0.720. The van der Waals surface area contributed by atoms with Gasteiger partial charge >= 0.3 is 0 Å². The molecule has 1 aromatic rings. The number of carbonyl (C=O) groups excluding carboxylic acids is 1. The van der Waals surface area contributed by atoms with Crippen molar-refractivity contribution in [2.45, 2.75) is 26.4 Å². The fraction of sp³-hybridized carbons (Fsp3) is 0.429. The Kier molecular flexibility index (Phi) is 4.46. The van der Waals surface area contributed by atoms with Gasteiger partial charge in [-0.2, -0.15) is 5.26 Å². The highest BCUT2D eigenvalue weighted by Gasteiger charge is 2.18. The summed E-state index contributed by atoms with van der Waals surface area (Å²) < 4.78 is 5.43. The zero-order valence-electron chi connectivity index (χ0n) is 11.2. The van der Waals surface area contributed by atoms with Gasteiger partial charge in [0.05, 0.1) is 16.9 Å². The predicted molar refractivity (Wildman–Crippen MR) is 70.3 cm³/mol. The van der Waals surface area contributed by atoms with Crippen molar-refractivity contribution < 1.29 is 9.53 Å². The van der Waals surface area contributed by atoms with Gasteiger partial charge in [0.25, 0.3) is 5.91 Å². The van der Waals surface area contributed by atoms with Crippen molar-refractivity contribution >= 4 is 11.6 Å². The van der Waals surface area contributed by atoms with Crippen molar-refractivity contribution in [3.05, 3.63) is 29.8 Å². The molecule has 0 radical (unpaired) electrons. The first-order valence-corrected chi connectivity index (χ1v) is 5.75. The summed E-state index contributed by atoms with van der Waals surface area (Å²) in [7, 11) is 1.64. The number of likely N-dealkylation sites (N-methyl/N-ethyl adjacent to an activating group) is 1. The van der Waals surface area contributed by atoms with E-state index in [-0.39, 0.29) is 18.1 Å². The molecule has 18 heavy (non-hydrogen) atoms. The minimum Gasteiger partial charge on any atom is -0.366 e. The molecule has 0 saturated heterocycles. The number of anilines is 1. The number of ether oxygens (including phenoxy) is 1. The summed E-state index contributed by atoms with van der Waals surface area (Å²) in [6.07, 6.45) is 0. The lowest BCUT2D eigenvalue weighted by atomic mass is 10.2. The highest BCUT2D eigenvalue weighted by atomic mass is 16.5. The minimum absolute atomic E-state index is 0.000235. The van der Waals surface area contributed by atoms with E-state index in [1.807, 2.05) is 20.8 Å². The number of benzene rings is 1. The van der Waals surface area contributed by atoms with Gasteiger partial charge < -0.3 is 9.64 Å². The van der Waals surface area contributed by atoms with Crippen LogP contribution in [0.5, 0.6) is 0 Å². The Hall–Kier alpha value is -1.86. The maximum Gasteiger partial charge on any atom is 0.252 e. The fourth-order valence-electron chi connectivity index (χ4n) is 1.37. The average Bonchev–Trinajstić information content (AvgIpc) is 2.34. The molecule has 0 unspecified atom stereocenters. The third-order valence-electron chi connectivity index (χ3n) is 2.39. The topological polar surface area (TPSA) is 53.3 Å². The van der Waals surface area contributed by atoms with Crippen LogP contribution >= 0.6 is 0 Å². The second-order valence-corrected chi connectivity index (χ2v) is 4.98. The highest BCUT2D eigenvalue weighted by Crippen LogP contribution is 2.18. The average molecular weight is 246 g/mol. The quantitative estimate of drug-likeness (QED) is 0.822. The van der Waals surface area contributed by atoms with E-state index in [1.165, 1.54) is 4.90 Å². The van der Waals surface area contributed by atoms with Gasteiger partial charge in [-0.05, 0) is 32.9 Å². The fourth-order valence-corrected chi connectivity index (χ4v) is 1.37. The van der Waals surface area contributed by atoms with Crippen LogP contribution in [0.15, 0.2) is 24.3 Å². The van der Waals surface area contributed by atoms with Crippen LogP contribution in [0.25, 0.3) is 0 Å². The molecule has 0 aliphatic carbocycles. The lowest BCUT2D eigenvalue weighted by Gasteiger charge is -2.23. The standard InChI is InChI=1S/C14H18N2O2/c1-14(2,3)18-10-13(17)16(4)12-8-6-5-7-11(12)9-15/h5-8H,10H2,1-4H3. The van der Waals surface area contributed by atoms with Crippen LogP contribution in [0.2, 0.25) is 0 Å². The SMILES string of the molecule is CN(C(=O)COC(C)(C)C)c1ccccc1C#N. The van der Waals surface area contributed by atoms with E-state index < -0.39 is 0 Å². The van der Waals surface area contributed by atoms with Gasteiger partial charge in [0, 0.05) is 7.05 Å². The molecule has 0 aliphatic heterocycles. The molecular weight excluding hydrogens is 228 g/mol. The van der Waals surface area contributed by atoms with Crippen LogP contribution in [0.1, 0.15) is 26.3 Å². The van der Waals surface area contributed by atoms with Gasteiger partial charge in [-0.25, -0.2) is 0 Å². The smallest absolute Gasteiger partial charge is 0.252 e. The number of rotatable bonds is 3. The molecule has 0 spiro atoms. The third-order valence-corrected chi connectivity index (χ3v) is 2.39. The molecule has 4 heteroatoms. The molecule has 0 bridgehead atoms. The van der Waals surface area contributed by atoms with Crippen molar-refractivity contribution in [2.75, 3.05) is 18.6 Å². The maximum atomic E-state index is 11.9. The predicted octanol–water partition coefficient (Wildman–Crippen LogP) is 2.34. The van der Waals surface area contributed by atoms with Gasteiger partial charge in [-0.1, -0.05) is 12.1 Å². The Morgan fingerprint density at radius 2 is 2.00 bits per heavy atom. The molecule has 0 atom stereocenters. The van der Waals surface area contributed by atoms with Crippen LogP contribution in [0, 0.1) is 11.3 Å². The van der Waals surface area contributed by atoms with Gasteiger partial charge in [0.1, 0.15) is 12.7 Å². The van der Waals surface area contributed by atoms with Gasteiger partial charge in [-0.3, -0.25) is 4.79 Å². The van der Waals surface area contributed by atoms with Gasteiger partial charge in [0.2, 0.25) is 0 Å². The number of para-hydroxylation sites is 1. The second kappa shape index (κ2) is 5.65. The molecular formula is C14H18N2O2. The Labute approximate surface area is 108 Å². The van der Waals surface area contributed by atoms with Crippen molar-refractivity contribution in [3.8, 4) is 6.07 Å². The first-order valence-electron chi connectivity index (χ1n) is 5.75. The third kappa shape index (κ3) is 3.86. The van der Waals surface area contributed by atoms with Crippen molar-refractivity contribution in [2.24, 2.45) is 0 Å². The number of hydrogen-bond acceptors (Lipinski definition) is 3. The zero-order chi connectivity index (χ0) is 13.8. The monoisotopic (exact) mass is 246 g/mol. The van der Waals surface area contributed by atoms with Crippen molar-refractivity contribution in [1.82, 2.24) is 0 Å². The van der Waals surface area contributed by atoms with Crippen molar-refractivity contribution in [3.63, 3.8) is 0 Å². The maximum absolute atomic E-state index is 11.9. The largest absolute Gasteiger partial charge is 0.366 e. The molecule has 4 nitrogen and oxygen atoms in total. The summed E-state index contributed by atoms with van der Waals surface area (Å²) in [6.45, 7) is 5.68. The molecule has 1 amide bonds. The van der Waals surface area contributed by atoms with Crippen LogP contribution < -0.4 is 4.90 Å². The molecule has 0 fully saturated rings. The Balaban J connectivity index is 2.78. The Morgan fingerprint density at radius 1 is 1.39 bits per heavy atom. The lowest BCUT2D eigenvalue weighted by molar-refractivity contribution is -0.127. The van der Waals surface area contributed by atoms with Crippen LogP contribution in [0.3, 0.4) is 0 Å². The van der Waals surface area contributed by atoms with E-state index >= 15 is 0 Å². The Morgan fingerprint density at radius 3 is 2.56 bits per heavy atom. The number of carbonyl (C=O) groups is 1. The van der Waals surface area contributed by atoms with Crippen LogP contribution in [-0.4, -0.2) is 25.2 Å². The summed E-state index contributed by atoms with van der Waals surface area (Å²) in [5, 5.41) is 8.99. The first kappa shape index (κ1) is 14.2. The highest BCUT2D eigenvalue weighted by molar-refractivity contribution is 5.95. The normalized spacial score (nSPS) is 10.8. The number of amides is 1. The number of nitrogens with zero attached hydrogens (tertiary/aromatic N) is 2. The number of hydrogen-bond donors (Lipinski definition) is 0.